The van der Waals surface area contributed by atoms with Crippen LogP contribution in [0.5, 0.6) is 0 Å². The number of sulfonamides is 1. The molecule has 100 valence electrons. The van der Waals surface area contributed by atoms with Crippen LogP contribution in [0.3, 0.4) is 0 Å². The van der Waals surface area contributed by atoms with Crippen molar-refractivity contribution in [3.63, 3.8) is 0 Å². The molecule has 0 unspecified atom stereocenters. The van der Waals surface area contributed by atoms with Gasteiger partial charge >= 0.3 is 0 Å². The Balaban J connectivity index is 2.35. The highest BCUT2D eigenvalue weighted by Gasteiger charge is 2.18. The third kappa shape index (κ3) is 2.90. The van der Waals surface area contributed by atoms with Crippen molar-refractivity contribution in [1.82, 2.24) is 10.2 Å². The van der Waals surface area contributed by atoms with Crippen molar-refractivity contribution in [2.24, 2.45) is 0 Å². The molecule has 1 heterocycles. The molecule has 2 aromatic rings. The van der Waals surface area contributed by atoms with Gasteiger partial charge in [-0.15, -0.1) is 0 Å². The maximum Gasteiger partial charge on any atom is 0.285 e. The van der Waals surface area contributed by atoms with Gasteiger partial charge in [0, 0.05) is 12.3 Å². The monoisotopic (exact) mass is 346 g/mol. The van der Waals surface area contributed by atoms with Crippen LogP contribution in [0.15, 0.2) is 40.0 Å². The van der Waals surface area contributed by atoms with E-state index in [2.05, 4.69) is 30.8 Å². The lowest BCUT2D eigenvalue weighted by atomic mass is 10.3. The van der Waals surface area contributed by atoms with Crippen molar-refractivity contribution in [1.29, 1.82) is 0 Å². The molecule has 0 spiro atoms. The fraction of sp³-hybridized carbons (Fsp3) is 0. The van der Waals surface area contributed by atoms with Crippen LogP contribution < -0.4 is 4.72 Å². The van der Waals surface area contributed by atoms with Crippen molar-refractivity contribution in [3.05, 3.63) is 45.2 Å². The molecule has 19 heavy (non-hydrogen) atoms. The smallest absolute Gasteiger partial charge is 0.284 e. The van der Waals surface area contributed by atoms with Crippen LogP contribution in [0.4, 0.5) is 11.4 Å². The topological polar surface area (TPSA) is 118 Å². The van der Waals surface area contributed by atoms with E-state index in [1.807, 2.05) is 0 Å². The molecule has 0 atom stereocenters. The SMILES string of the molecule is O=[N+]([O-])c1cc(NS(=O)(=O)c2cn[nH]c2)ccc1Br. The molecular formula is C9H7BrN4O4S. The van der Waals surface area contributed by atoms with Crippen LogP contribution in [0.1, 0.15) is 0 Å². The van der Waals surface area contributed by atoms with E-state index in [-0.39, 0.29) is 20.7 Å². The van der Waals surface area contributed by atoms with Crippen LogP contribution in [-0.4, -0.2) is 23.5 Å². The molecule has 0 aliphatic carbocycles. The molecule has 0 radical (unpaired) electrons. The fourth-order valence-corrected chi connectivity index (χ4v) is 2.66. The Morgan fingerprint density at radius 2 is 2.16 bits per heavy atom. The molecule has 0 bridgehead atoms. The number of H-pyrrole nitrogens is 1. The lowest BCUT2D eigenvalue weighted by Crippen LogP contribution is -2.12. The second-order valence-electron chi connectivity index (χ2n) is 3.46. The number of benzene rings is 1. The third-order valence-electron chi connectivity index (χ3n) is 2.18. The Labute approximate surface area is 116 Å². The summed E-state index contributed by atoms with van der Waals surface area (Å²) in [4.78, 5) is 10.1. The molecule has 2 N–H and O–H groups in total. The quantitative estimate of drug-likeness (QED) is 0.647. The van der Waals surface area contributed by atoms with E-state index in [1.165, 1.54) is 18.3 Å². The lowest BCUT2D eigenvalue weighted by Gasteiger charge is -2.06. The zero-order chi connectivity index (χ0) is 14.0. The molecular weight excluding hydrogens is 340 g/mol. The molecule has 1 aromatic carbocycles. The summed E-state index contributed by atoms with van der Waals surface area (Å²) in [6, 6.07) is 3.93. The van der Waals surface area contributed by atoms with Gasteiger partial charge in [-0.05, 0) is 28.1 Å². The van der Waals surface area contributed by atoms with E-state index < -0.39 is 14.9 Å². The van der Waals surface area contributed by atoms with Gasteiger partial charge in [0.05, 0.1) is 21.3 Å². The number of nitro benzene ring substituents is 1. The van der Waals surface area contributed by atoms with Crippen LogP contribution in [-0.2, 0) is 10.0 Å². The van der Waals surface area contributed by atoms with E-state index in [9.17, 15) is 18.5 Å². The van der Waals surface area contributed by atoms with Gasteiger partial charge in [-0.25, -0.2) is 8.42 Å². The van der Waals surface area contributed by atoms with E-state index in [0.29, 0.717) is 0 Å². The van der Waals surface area contributed by atoms with Gasteiger partial charge in [-0.3, -0.25) is 19.9 Å². The number of hydrogen-bond donors (Lipinski definition) is 2. The van der Waals surface area contributed by atoms with Crippen LogP contribution >= 0.6 is 15.9 Å². The Kier molecular flexibility index (Phi) is 3.53. The molecule has 0 amide bonds. The number of nitrogens with one attached hydrogen (secondary N) is 2. The largest absolute Gasteiger partial charge is 0.285 e. The lowest BCUT2D eigenvalue weighted by molar-refractivity contribution is -0.385. The zero-order valence-corrected chi connectivity index (χ0v) is 11.6. The predicted molar refractivity (Wildman–Crippen MR) is 70.2 cm³/mol. The first-order valence-corrected chi connectivity index (χ1v) is 7.13. The zero-order valence-electron chi connectivity index (χ0n) is 9.20. The van der Waals surface area contributed by atoms with Gasteiger partial charge in [-0.1, -0.05) is 0 Å². The Morgan fingerprint density at radius 3 is 2.74 bits per heavy atom. The van der Waals surface area contributed by atoms with E-state index in [4.69, 9.17) is 0 Å². The summed E-state index contributed by atoms with van der Waals surface area (Å²) in [6.07, 6.45) is 2.34. The van der Waals surface area contributed by atoms with Gasteiger partial charge < -0.3 is 0 Å². The molecule has 0 saturated heterocycles. The minimum absolute atomic E-state index is 0.0573. The Hall–Kier alpha value is -1.94. The molecule has 0 saturated carbocycles. The highest BCUT2D eigenvalue weighted by molar-refractivity contribution is 9.10. The van der Waals surface area contributed by atoms with Crippen molar-refractivity contribution >= 4 is 37.3 Å². The fourth-order valence-electron chi connectivity index (χ4n) is 1.32. The van der Waals surface area contributed by atoms with Gasteiger partial charge in [-0.2, -0.15) is 5.10 Å². The predicted octanol–water partition coefficient (Wildman–Crippen LogP) is 1.88. The Bertz CT molecular complexity index is 714. The van der Waals surface area contributed by atoms with E-state index in [0.717, 1.165) is 12.3 Å². The maximum absolute atomic E-state index is 11.9. The normalized spacial score (nSPS) is 11.2. The number of hydrogen-bond acceptors (Lipinski definition) is 5. The summed E-state index contributed by atoms with van der Waals surface area (Å²) in [7, 11) is -3.81. The molecule has 10 heteroatoms. The van der Waals surface area contributed by atoms with Gasteiger partial charge in [0.15, 0.2) is 0 Å². The van der Waals surface area contributed by atoms with Crippen molar-refractivity contribution in [2.75, 3.05) is 4.72 Å². The number of aromatic amines is 1. The highest BCUT2D eigenvalue weighted by atomic mass is 79.9. The summed E-state index contributed by atoms with van der Waals surface area (Å²) in [5, 5.41) is 16.7. The first kappa shape index (κ1) is 13.5. The average molecular weight is 347 g/mol. The van der Waals surface area contributed by atoms with Crippen LogP contribution in [0.2, 0.25) is 0 Å². The Morgan fingerprint density at radius 1 is 1.42 bits per heavy atom. The maximum atomic E-state index is 11.9. The second-order valence-corrected chi connectivity index (χ2v) is 6.00. The number of nitrogens with zero attached hydrogens (tertiary/aromatic N) is 2. The van der Waals surface area contributed by atoms with Crippen molar-refractivity contribution < 1.29 is 13.3 Å². The van der Waals surface area contributed by atoms with Gasteiger partial charge in [0.2, 0.25) is 0 Å². The summed E-state index contributed by atoms with van der Waals surface area (Å²) in [5.41, 5.74) is -0.136. The van der Waals surface area contributed by atoms with Crippen molar-refractivity contribution in [3.8, 4) is 0 Å². The number of rotatable bonds is 4. The number of nitro groups is 1. The summed E-state index contributed by atoms with van der Waals surface area (Å²) < 4.78 is 26.2. The molecule has 0 aliphatic rings. The molecule has 2 rings (SSSR count). The first-order valence-electron chi connectivity index (χ1n) is 4.86. The van der Waals surface area contributed by atoms with Gasteiger partial charge in [0.1, 0.15) is 4.90 Å². The van der Waals surface area contributed by atoms with E-state index in [1.54, 1.807) is 0 Å². The first-order chi connectivity index (χ1) is 8.90. The average Bonchev–Trinajstić information content (AvgIpc) is 2.85. The van der Waals surface area contributed by atoms with Crippen LogP contribution in [0, 0.1) is 10.1 Å². The van der Waals surface area contributed by atoms with Crippen molar-refractivity contribution in [2.45, 2.75) is 4.90 Å². The number of anilines is 1. The number of aromatic nitrogens is 2. The highest BCUT2D eigenvalue weighted by Crippen LogP contribution is 2.28. The number of halogens is 1. The molecule has 1 aromatic heterocycles. The molecule has 0 fully saturated rings. The standard InChI is InChI=1S/C9H7BrN4O4S/c10-8-2-1-6(3-9(8)14(15)16)13-19(17,18)7-4-11-12-5-7/h1-5,13H,(H,11,12). The molecule has 0 aliphatic heterocycles. The summed E-state index contributed by atoms with van der Waals surface area (Å²) in [5.74, 6) is 0. The second kappa shape index (κ2) is 4.97. The summed E-state index contributed by atoms with van der Waals surface area (Å²) >= 11 is 3.02. The van der Waals surface area contributed by atoms with Gasteiger partial charge in [0.25, 0.3) is 15.7 Å². The summed E-state index contributed by atoms with van der Waals surface area (Å²) in [6.45, 7) is 0. The molecule has 8 nitrogen and oxygen atoms in total. The minimum atomic E-state index is -3.81. The van der Waals surface area contributed by atoms with E-state index >= 15 is 0 Å². The minimum Gasteiger partial charge on any atom is -0.284 e. The van der Waals surface area contributed by atoms with Crippen LogP contribution in [0.25, 0.3) is 0 Å². The third-order valence-corrected chi connectivity index (χ3v) is 4.20.